The number of carboxylic acid groups (broad SMARTS) is 1. The number of hydrogen-bond acceptors (Lipinski definition) is 5. The minimum absolute atomic E-state index is 0.130. The molecule has 27 heavy (non-hydrogen) atoms. The minimum atomic E-state index is -1.13. The summed E-state index contributed by atoms with van der Waals surface area (Å²) in [4.78, 5) is 23.2. The second-order valence-electron chi connectivity index (χ2n) is 6.94. The number of nitrogens with one attached hydrogen (secondary N) is 1. The van der Waals surface area contributed by atoms with Crippen LogP contribution in [-0.2, 0) is 16.0 Å². The van der Waals surface area contributed by atoms with E-state index in [2.05, 4.69) is 15.5 Å². The fourth-order valence-electron chi connectivity index (χ4n) is 2.19. The smallest absolute Gasteiger partial charge is 0.408 e. The summed E-state index contributed by atoms with van der Waals surface area (Å²) in [5.41, 5.74) is 1.44. The molecular weight excluding hydrogens is 346 g/mol. The highest BCUT2D eigenvalue weighted by Crippen LogP contribution is 2.19. The van der Waals surface area contributed by atoms with Crippen LogP contribution in [0.4, 0.5) is 16.2 Å². The summed E-state index contributed by atoms with van der Waals surface area (Å²) in [7, 11) is 0. The van der Waals surface area contributed by atoms with Crippen molar-refractivity contribution in [3.8, 4) is 0 Å². The predicted molar refractivity (Wildman–Crippen MR) is 102 cm³/mol. The third kappa shape index (κ3) is 7.27. The summed E-state index contributed by atoms with van der Waals surface area (Å²) in [6.07, 6.45) is -0.631. The maximum atomic E-state index is 11.8. The fourth-order valence-corrected chi connectivity index (χ4v) is 2.19. The predicted octanol–water partition coefficient (Wildman–Crippen LogP) is 4.62. The molecule has 0 spiro atoms. The number of carboxylic acids is 1. The van der Waals surface area contributed by atoms with Gasteiger partial charge in [0.1, 0.15) is 11.6 Å². The van der Waals surface area contributed by atoms with E-state index in [1.165, 1.54) is 0 Å². The Hall–Kier alpha value is -3.22. The Bertz CT molecular complexity index is 796. The second kappa shape index (κ2) is 8.93. The van der Waals surface area contributed by atoms with Gasteiger partial charge < -0.3 is 15.2 Å². The molecule has 7 nitrogen and oxygen atoms in total. The van der Waals surface area contributed by atoms with E-state index in [4.69, 9.17) is 4.74 Å². The zero-order valence-electron chi connectivity index (χ0n) is 15.5. The normalized spacial score (nSPS) is 12.6. The van der Waals surface area contributed by atoms with Gasteiger partial charge in [0.05, 0.1) is 11.4 Å². The summed E-state index contributed by atoms with van der Waals surface area (Å²) in [5, 5.41) is 20.0. The van der Waals surface area contributed by atoms with Crippen LogP contribution < -0.4 is 5.32 Å². The Kier molecular flexibility index (Phi) is 6.65. The van der Waals surface area contributed by atoms with Crippen molar-refractivity contribution >= 4 is 23.4 Å². The van der Waals surface area contributed by atoms with Gasteiger partial charge in [0.2, 0.25) is 0 Å². The van der Waals surface area contributed by atoms with Crippen LogP contribution in [0.3, 0.4) is 0 Å². The van der Waals surface area contributed by atoms with Crippen LogP contribution in [0.25, 0.3) is 0 Å². The quantitative estimate of drug-likeness (QED) is 0.725. The number of carbonyl (C=O) groups excluding carboxylic acids is 1. The molecule has 7 heteroatoms. The highest BCUT2D eigenvalue weighted by Gasteiger charge is 2.24. The van der Waals surface area contributed by atoms with E-state index in [0.717, 1.165) is 11.3 Å². The first-order chi connectivity index (χ1) is 12.7. The molecule has 2 aromatic rings. The lowest BCUT2D eigenvalue weighted by Gasteiger charge is -2.22. The van der Waals surface area contributed by atoms with Crippen molar-refractivity contribution in [1.29, 1.82) is 0 Å². The lowest BCUT2D eigenvalue weighted by atomic mass is 10.1. The molecule has 0 aliphatic heterocycles. The van der Waals surface area contributed by atoms with E-state index in [1.54, 1.807) is 45.0 Å². The van der Waals surface area contributed by atoms with Gasteiger partial charge in [0.25, 0.3) is 0 Å². The number of rotatable bonds is 6. The molecule has 0 heterocycles. The molecule has 0 radical (unpaired) electrons. The SMILES string of the molecule is CC(C)(C)OC(=O)N[C@@H](Cc1ccc(N=Nc2ccccc2)cc1)C(=O)O. The van der Waals surface area contributed by atoms with Crippen LogP contribution in [0.15, 0.2) is 64.8 Å². The van der Waals surface area contributed by atoms with Crippen molar-refractivity contribution in [2.45, 2.75) is 38.8 Å². The fraction of sp³-hybridized carbons (Fsp3) is 0.300. The maximum absolute atomic E-state index is 11.8. The zero-order chi connectivity index (χ0) is 19.9. The standard InChI is InChI=1S/C20H23N3O4/c1-20(2,3)27-19(26)21-17(18(24)25)13-14-9-11-16(12-10-14)23-22-15-7-5-4-6-8-15/h4-12,17H,13H2,1-3H3,(H,21,26)(H,24,25)/t17-/m0/s1. The molecule has 1 amide bonds. The second-order valence-corrected chi connectivity index (χ2v) is 6.94. The minimum Gasteiger partial charge on any atom is -0.480 e. The summed E-state index contributed by atoms with van der Waals surface area (Å²) in [6.45, 7) is 5.14. The molecule has 142 valence electrons. The molecule has 0 aliphatic rings. The molecule has 0 bridgehead atoms. The van der Waals surface area contributed by atoms with Gasteiger partial charge in [0, 0.05) is 6.42 Å². The summed E-state index contributed by atoms with van der Waals surface area (Å²) >= 11 is 0. The van der Waals surface area contributed by atoms with Gasteiger partial charge in [-0.05, 0) is 50.6 Å². The number of azo groups is 1. The van der Waals surface area contributed by atoms with Crippen LogP contribution in [0.1, 0.15) is 26.3 Å². The van der Waals surface area contributed by atoms with E-state index in [1.807, 2.05) is 30.3 Å². The van der Waals surface area contributed by atoms with E-state index < -0.39 is 23.7 Å². The molecule has 0 unspecified atom stereocenters. The summed E-state index contributed by atoms with van der Waals surface area (Å²) in [6, 6.07) is 15.3. The number of benzene rings is 2. The highest BCUT2D eigenvalue weighted by molar-refractivity contribution is 5.80. The van der Waals surface area contributed by atoms with Crippen molar-refractivity contribution in [2.24, 2.45) is 10.2 Å². The molecular formula is C20H23N3O4. The first-order valence-electron chi connectivity index (χ1n) is 8.51. The van der Waals surface area contributed by atoms with Gasteiger partial charge in [-0.15, -0.1) is 0 Å². The molecule has 0 saturated heterocycles. The van der Waals surface area contributed by atoms with Crippen LogP contribution in [0.2, 0.25) is 0 Å². The van der Waals surface area contributed by atoms with E-state index >= 15 is 0 Å². The van der Waals surface area contributed by atoms with Crippen LogP contribution >= 0.6 is 0 Å². The van der Waals surface area contributed by atoms with Crippen molar-refractivity contribution in [3.05, 3.63) is 60.2 Å². The summed E-state index contributed by atoms with van der Waals surface area (Å²) < 4.78 is 5.11. The lowest BCUT2D eigenvalue weighted by molar-refractivity contribution is -0.139. The average Bonchev–Trinajstić information content (AvgIpc) is 2.60. The summed E-state index contributed by atoms with van der Waals surface area (Å²) in [5.74, 6) is -1.13. The largest absolute Gasteiger partial charge is 0.480 e. The number of hydrogen-bond donors (Lipinski definition) is 2. The zero-order valence-corrected chi connectivity index (χ0v) is 15.5. The number of aliphatic carboxylic acids is 1. The van der Waals surface area contributed by atoms with E-state index in [0.29, 0.717) is 5.69 Å². The van der Waals surface area contributed by atoms with Crippen molar-refractivity contribution in [3.63, 3.8) is 0 Å². The number of alkyl carbamates (subject to hydrolysis) is 1. The number of carbonyl (C=O) groups is 2. The number of nitrogens with zero attached hydrogens (tertiary/aromatic N) is 2. The monoisotopic (exact) mass is 369 g/mol. The topological polar surface area (TPSA) is 100 Å². The van der Waals surface area contributed by atoms with Crippen LogP contribution in [0, 0.1) is 0 Å². The molecule has 2 aromatic carbocycles. The molecule has 2 N–H and O–H groups in total. The Labute approximate surface area is 158 Å². The van der Waals surface area contributed by atoms with Gasteiger partial charge in [-0.1, -0.05) is 30.3 Å². The van der Waals surface area contributed by atoms with Crippen LogP contribution in [-0.4, -0.2) is 28.8 Å². The Morgan fingerprint density at radius 1 is 1.00 bits per heavy atom. The highest BCUT2D eigenvalue weighted by atomic mass is 16.6. The van der Waals surface area contributed by atoms with Gasteiger partial charge in [-0.25, -0.2) is 9.59 Å². The van der Waals surface area contributed by atoms with E-state index in [9.17, 15) is 14.7 Å². The average molecular weight is 369 g/mol. The maximum Gasteiger partial charge on any atom is 0.408 e. The van der Waals surface area contributed by atoms with Crippen molar-refractivity contribution in [1.82, 2.24) is 5.32 Å². The first-order valence-corrected chi connectivity index (χ1v) is 8.51. The van der Waals surface area contributed by atoms with Gasteiger partial charge >= 0.3 is 12.1 Å². The molecule has 0 fully saturated rings. The van der Waals surface area contributed by atoms with Gasteiger partial charge in [-0.2, -0.15) is 10.2 Å². The number of amides is 1. The van der Waals surface area contributed by atoms with Gasteiger partial charge in [-0.3, -0.25) is 0 Å². The third-order valence-electron chi connectivity index (χ3n) is 3.40. The molecule has 0 aliphatic carbocycles. The Morgan fingerprint density at radius 2 is 1.56 bits per heavy atom. The number of ether oxygens (including phenoxy) is 1. The lowest BCUT2D eigenvalue weighted by Crippen LogP contribution is -2.44. The molecule has 0 aromatic heterocycles. The van der Waals surface area contributed by atoms with E-state index in [-0.39, 0.29) is 6.42 Å². The first kappa shape index (κ1) is 20.1. The van der Waals surface area contributed by atoms with Crippen LogP contribution in [0.5, 0.6) is 0 Å². The molecule has 0 saturated carbocycles. The molecule has 2 rings (SSSR count). The van der Waals surface area contributed by atoms with Gasteiger partial charge in [0.15, 0.2) is 0 Å². The Balaban J connectivity index is 1.99. The molecule has 1 atom stereocenters. The Morgan fingerprint density at radius 3 is 2.07 bits per heavy atom. The third-order valence-corrected chi connectivity index (χ3v) is 3.40. The van der Waals surface area contributed by atoms with Crippen molar-refractivity contribution in [2.75, 3.05) is 0 Å². The van der Waals surface area contributed by atoms with Crippen molar-refractivity contribution < 1.29 is 19.4 Å².